The predicted molar refractivity (Wildman–Crippen MR) is 71.8 cm³/mol. The molecule has 0 aliphatic carbocycles. The Hall–Kier alpha value is -0.780. The summed E-state index contributed by atoms with van der Waals surface area (Å²) in [6, 6.07) is 6.25. The van der Waals surface area contributed by atoms with Gasteiger partial charge in [0.2, 0.25) is 5.95 Å². The molecule has 0 saturated carbocycles. The van der Waals surface area contributed by atoms with Gasteiger partial charge in [-0.1, -0.05) is 13.3 Å². The monoisotopic (exact) mass is 315 g/mol. The van der Waals surface area contributed by atoms with E-state index in [4.69, 9.17) is 5.73 Å². The molecule has 1 aromatic heterocycles. The van der Waals surface area contributed by atoms with Gasteiger partial charge >= 0.3 is 0 Å². The van der Waals surface area contributed by atoms with Crippen LogP contribution in [0, 0.1) is 3.57 Å². The van der Waals surface area contributed by atoms with E-state index in [1.807, 2.05) is 0 Å². The molecule has 80 valence electrons. The number of nitrogen functional groups attached to an aromatic ring is 1. The van der Waals surface area contributed by atoms with Crippen molar-refractivity contribution in [2.24, 2.45) is 0 Å². The van der Waals surface area contributed by atoms with Gasteiger partial charge < -0.3 is 10.3 Å². The van der Waals surface area contributed by atoms with Gasteiger partial charge in [0.1, 0.15) is 0 Å². The Labute approximate surface area is 103 Å². The fourth-order valence-corrected chi connectivity index (χ4v) is 2.15. The molecule has 2 aromatic rings. The van der Waals surface area contributed by atoms with Crippen LogP contribution in [0.3, 0.4) is 0 Å². The van der Waals surface area contributed by atoms with Crippen molar-refractivity contribution in [1.82, 2.24) is 9.55 Å². The number of rotatable bonds is 3. The predicted octanol–water partition coefficient (Wildman–Crippen LogP) is 3.02. The molecule has 0 bridgehead atoms. The van der Waals surface area contributed by atoms with Crippen LogP contribution in [-0.2, 0) is 6.54 Å². The molecule has 0 fully saturated rings. The first kappa shape index (κ1) is 10.7. The molecule has 0 aliphatic heterocycles. The van der Waals surface area contributed by atoms with Gasteiger partial charge in [0.15, 0.2) is 0 Å². The maximum absolute atomic E-state index is 5.89. The zero-order chi connectivity index (χ0) is 10.8. The smallest absolute Gasteiger partial charge is 0.201 e. The third-order valence-electron chi connectivity index (χ3n) is 2.48. The number of fused-ring (bicyclic) bond motifs is 1. The summed E-state index contributed by atoms with van der Waals surface area (Å²) in [5.74, 6) is 0.625. The SMILES string of the molecule is CCCCn1c(N)nc2cc(I)ccc21. The van der Waals surface area contributed by atoms with E-state index in [9.17, 15) is 0 Å². The molecule has 0 atom stereocenters. The number of nitrogens with two attached hydrogens (primary N) is 1. The summed E-state index contributed by atoms with van der Waals surface area (Å²) in [5, 5.41) is 0. The quantitative estimate of drug-likeness (QED) is 0.885. The molecule has 1 heterocycles. The standard InChI is InChI=1S/C11H14IN3/c1-2-3-6-15-10-5-4-8(12)7-9(10)14-11(15)13/h4-5,7H,2-3,6H2,1H3,(H2,13,14). The van der Waals surface area contributed by atoms with Gasteiger partial charge in [-0.25, -0.2) is 4.98 Å². The largest absolute Gasteiger partial charge is 0.369 e. The van der Waals surface area contributed by atoms with Crippen molar-refractivity contribution in [2.75, 3.05) is 5.73 Å². The average Bonchev–Trinajstić information content (AvgIpc) is 2.50. The van der Waals surface area contributed by atoms with Gasteiger partial charge in [-0.3, -0.25) is 0 Å². The number of unbranched alkanes of at least 4 members (excludes halogenated alkanes) is 1. The highest BCUT2D eigenvalue weighted by atomic mass is 127. The summed E-state index contributed by atoms with van der Waals surface area (Å²) in [6.07, 6.45) is 2.31. The van der Waals surface area contributed by atoms with E-state index in [0.29, 0.717) is 5.95 Å². The summed E-state index contributed by atoms with van der Waals surface area (Å²) in [4.78, 5) is 4.36. The van der Waals surface area contributed by atoms with E-state index in [1.165, 1.54) is 9.99 Å². The van der Waals surface area contributed by atoms with Crippen molar-refractivity contribution in [3.8, 4) is 0 Å². The normalized spacial score (nSPS) is 11.1. The number of anilines is 1. The summed E-state index contributed by atoms with van der Waals surface area (Å²) in [7, 11) is 0. The van der Waals surface area contributed by atoms with Crippen molar-refractivity contribution in [3.63, 3.8) is 0 Å². The molecule has 15 heavy (non-hydrogen) atoms. The number of imidazole rings is 1. The summed E-state index contributed by atoms with van der Waals surface area (Å²) in [6.45, 7) is 3.14. The summed E-state index contributed by atoms with van der Waals surface area (Å²) in [5.41, 5.74) is 8.03. The van der Waals surface area contributed by atoms with E-state index >= 15 is 0 Å². The first-order chi connectivity index (χ1) is 7.22. The molecule has 0 aliphatic rings. The Bertz CT molecular complexity index is 476. The second kappa shape index (κ2) is 4.38. The molecule has 2 rings (SSSR count). The van der Waals surface area contributed by atoms with Crippen molar-refractivity contribution < 1.29 is 0 Å². The van der Waals surface area contributed by atoms with Gasteiger partial charge in [-0.15, -0.1) is 0 Å². The van der Waals surface area contributed by atoms with Crippen LogP contribution < -0.4 is 5.73 Å². The molecule has 2 N–H and O–H groups in total. The fourth-order valence-electron chi connectivity index (χ4n) is 1.67. The Morgan fingerprint density at radius 2 is 2.27 bits per heavy atom. The highest BCUT2D eigenvalue weighted by Gasteiger charge is 2.07. The molecule has 1 aromatic carbocycles. The van der Waals surface area contributed by atoms with Crippen LogP contribution in [-0.4, -0.2) is 9.55 Å². The van der Waals surface area contributed by atoms with E-state index in [2.05, 4.69) is 57.3 Å². The lowest BCUT2D eigenvalue weighted by Gasteiger charge is -2.04. The Morgan fingerprint density at radius 3 is 3.00 bits per heavy atom. The highest BCUT2D eigenvalue weighted by molar-refractivity contribution is 14.1. The third kappa shape index (κ3) is 2.09. The Balaban J connectivity index is 2.48. The topological polar surface area (TPSA) is 43.8 Å². The van der Waals surface area contributed by atoms with Crippen LogP contribution in [0.15, 0.2) is 18.2 Å². The van der Waals surface area contributed by atoms with Gasteiger partial charge in [0, 0.05) is 10.1 Å². The zero-order valence-electron chi connectivity index (χ0n) is 8.70. The third-order valence-corrected chi connectivity index (χ3v) is 3.15. The Kier molecular flexibility index (Phi) is 3.14. The van der Waals surface area contributed by atoms with E-state index in [0.717, 1.165) is 24.0 Å². The van der Waals surface area contributed by atoms with Crippen LogP contribution in [0.4, 0.5) is 5.95 Å². The molecule has 0 radical (unpaired) electrons. The van der Waals surface area contributed by atoms with Crippen LogP contribution in [0.25, 0.3) is 11.0 Å². The fraction of sp³-hybridized carbons (Fsp3) is 0.364. The van der Waals surface area contributed by atoms with E-state index in [-0.39, 0.29) is 0 Å². The molecule has 0 spiro atoms. The van der Waals surface area contributed by atoms with Crippen LogP contribution in [0.5, 0.6) is 0 Å². The first-order valence-corrected chi connectivity index (χ1v) is 6.21. The van der Waals surface area contributed by atoms with Crippen molar-refractivity contribution >= 4 is 39.6 Å². The lowest BCUT2D eigenvalue weighted by atomic mass is 10.3. The summed E-state index contributed by atoms with van der Waals surface area (Å²) < 4.78 is 3.29. The maximum atomic E-state index is 5.89. The second-order valence-electron chi connectivity index (χ2n) is 3.61. The Morgan fingerprint density at radius 1 is 1.47 bits per heavy atom. The lowest BCUT2D eigenvalue weighted by molar-refractivity contribution is 0.653. The number of aromatic nitrogens is 2. The van der Waals surface area contributed by atoms with Gasteiger partial charge in [-0.2, -0.15) is 0 Å². The van der Waals surface area contributed by atoms with Crippen molar-refractivity contribution in [3.05, 3.63) is 21.8 Å². The minimum absolute atomic E-state index is 0.625. The van der Waals surface area contributed by atoms with E-state index in [1.54, 1.807) is 0 Å². The van der Waals surface area contributed by atoms with Crippen molar-refractivity contribution in [2.45, 2.75) is 26.3 Å². The maximum Gasteiger partial charge on any atom is 0.201 e. The van der Waals surface area contributed by atoms with Gasteiger partial charge in [0.05, 0.1) is 11.0 Å². The molecule has 0 unspecified atom stereocenters. The number of hydrogen-bond acceptors (Lipinski definition) is 2. The van der Waals surface area contributed by atoms with Crippen molar-refractivity contribution in [1.29, 1.82) is 0 Å². The molecule has 0 saturated heterocycles. The number of aryl methyl sites for hydroxylation is 1. The molecule has 4 heteroatoms. The number of nitrogens with zero attached hydrogens (tertiary/aromatic N) is 2. The molecule has 3 nitrogen and oxygen atoms in total. The minimum Gasteiger partial charge on any atom is -0.369 e. The first-order valence-electron chi connectivity index (χ1n) is 5.13. The van der Waals surface area contributed by atoms with Gasteiger partial charge in [0.25, 0.3) is 0 Å². The van der Waals surface area contributed by atoms with Gasteiger partial charge in [-0.05, 0) is 47.2 Å². The lowest BCUT2D eigenvalue weighted by Crippen LogP contribution is -2.02. The molecular formula is C11H14IN3. The number of halogens is 1. The van der Waals surface area contributed by atoms with Crippen LogP contribution >= 0.6 is 22.6 Å². The van der Waals surface area contributed by atoms with E-state index < -0.39 is 0 Å². The number of hydrogen-bond donors (Lipinski definition) is 1. The minimum atomic E-state index is 0.625. The molecular weight excluding hydrogens is 301 g/mol. The zero-order valence-corrected chi connectivity index (χ0v) is 10.9. The van der Waals surface area contributed by atoms with Crippen LogP contribution in [0.2, 0.25) is 0 Å². The summed E-state index contributed by atoms with van der Waals surface area (Å²) >= 11 is 2.29. The van der Waals surface area contributed by atoms with Crippen LogP contribution in [0.1, 0.15) is 19.8 Å². The average molecular weight is 315 g/mol. The highest BCUT2D eigenvalue weighted by Crippen LogP contribution is 2.20. The number of benzene rings is 1. The molecule has 0 amide bonds. The second-order valence-corrected chi connectivity index (χ2v) is 4.85.